The number of carbonyl (C=O) groups excluding carboxylic acids is 1. The zero-order valence-corrected chi connectivity index (χ0v) is 16.5. The molecule has 0 saturated carbocycles. The first-order chi connectivity index (χ1) is 13.1. The van der Waals surface area contributed by atoms with Gasteiger partial charge in [-0.2, -0.15) is 0 Å². The van der Waals surface area contributed by atoms with E-state index in [4.69, 9.17) is 4.98 Å². The molecule has 3 rings (SSSR count). The quantitative estimate of drug-likeness (QED) is 0.603. The van der Waals surface area contributed by atoms with Crippen molar-refractivity contribution in [1.82, 2.24) is 20.1 Å². The Hall–Kier alpha value is -2.73. The van der Waals surface area contributed by atoms with Crippen molar-refractivity contribution in [3.05, 3.63) is 60.7 Å². The van der Waals surface area contributed by atoms with Gasteiger partial charge in [-0.15, -0.1) is 10.2 Å². The highest BCUT2D eigenvalue weighted by molar-refractivity contribution is 8.00. The van der Waals surface area contributed by atoms with E-state index in [0.717, 1.165) is 22.5 Å². The largest absolute Gasteiger partial charge is 0.348 e. The summed E-state index contributed by atoms with van der Waals surface area (Å²) in [6, 6.07) is 19.8. The van der Waals surface area contributed by atoms with Crippen molar-refractivity contribution in [3.63, 3.8) is 0 Å². The minimum atomic E-state index is -0.229. The standard InChI is InChI=1S/C21H22N4OS/c1-4-17(20(26)25(2)3)27-21-22-18(15-11-7-5-8-12-15)19(23-24-21)16-13-9-6-10-14-16/h5-14,17H,4H2,1-3H3. The molecule has 1 amide bonds. The van der Waals surface area contributed by atoms with Crippen LogP contribution < -0.4 is 0 Å². The zero-order chi connectivity index (χ0) is 19.2. The summed E-state index contributed by atoms with van der Waals surface area (Å²) in [5.74, 6) is 0.0551. The third kappa shape index (κ3) is 4.52. The van der Waals surface area contributed by atoms with Gasteiger partial charge < -0.3 is 4.90 Å². The van der Waals surface area contributed by atoms with E-state index in [1.807, 2.05) is 67.6 Å². The molecular weight excluding hydrogens is 356 g/mol. The van der Waals surface area contributed by atoms with E-state index in [9.17, 15) is 4.79 Å². The average molecular weight is 379 g/mol. The summed E-state index contributed by atoms with van der Waals surface area (Å²) in [6.07, 6.45) is 0.701. The highest BCUT2D eigenvalue weighted by Gasteiger charge is 2.22. The van der Waals surface area contributed by atoms with Crippen molar-refractivity contribution >= 4 is 17.7 Å². The summed E-state index contributed by atoms with van der Waals surface area (Å²) in [5, 5.41) is 9.04. The maximum atomic E-state index is 12.4. The van der Waals surface area contributed by atoms with Crippen LogP contribution in [0.25, 0.3) is 22.5 Å². The minimum Gasteiger partial charge on any atom is -0.348 e. The molecule has 1 heterocycles. The smallest absolute Gasteiger partial charge is 0.235 e. The van der Waals surface area contributed by atoms with Crippen LogP contribution in [0.2, 0.25) is 0 Å². The van der Waals surface area contributed by atoms with E-state index in [-0.39, 0.29) is 11.2 Å². The number of hydrogen-bond acceptors (Lipinski definition) is 5. The Bertz CT molecular complexity index is 901. The molecule has 3 aromatic rings. The van der Waals surface area contributed by atoms with Gasteiger partial charge in [0.2, 0.25) is 11.1 Å². The predicted octanol–water partition coefficient (Wildman–Crippen LogP) is 4.16. The number of hydrogen-bond donors (Lipinski definition) is 0. The molecule has 0 spiro atoms. The highest BCUT2D eigenvalue weighted by atomic mass is 32.2. The van der Waals surface area contributed by atoms with Gasteiger partial charge in [-0.1, -0.05) is 79.3 Å². The lowest BCUT2D eigenvalue weighted by Crippen LogP contribution is -2.31. The van der Waals surface area contributed by atoms with Gasteiger partial charge in [0.15, 0.2) is 0 Å². The molecule has 0 bridgehead atoms. The van der Waals surface area contributed by atoms with Crippen molar-refractivity contribution in [3.8, 4) is 22.5 Å². The Morgan fingerprint density at radius 2 is 1.48 bits per heavy atom. The van der Waals surface area contributed by atoms with Gasteiger partial charge in [0.1, 0.15) is 11.4 Å². The van der Waals surface area contributed by atoms with Gasteiger partial charge >= 0.3 is 0 Å². The third-order valence-corrected chi connectivity index (χ3v) is 5.30. The molecule has 0 N–H and O–H groups in total. The first kappa shape index (κ1) is 19.0. The van der Waals surface area contributed by atoms with Crippen molar-refractivity contribution in [2.24, 2.45) is 0 Å². The fraction of sp³-hybridized carbons (Fsp3) is 0.238. The fourth-order valence-electron chi connectivity index (χ4n) is 2.67. The molecule has 1 aromatic heterocycles. The fourth-order valence-corrected chi connectivity index (χ4v) is 3.64. The molecule has 5 nitrogen and oxygen atoms in total. The Labute approximate surface area is 163 Å². The summed E-state index contributed by atoms with van der Waals surface area (Å²) < 4.78 is 0. The number of benzene rings is 2. The van der Waals surface area contributed by atoms with Crippen LogP contribution in [-0.2, 0) is 4.79 Å². The molecular formula is C21H22N4OS. The predicted molar refractivity (Wildman–Crippen MR) is 109 cm³/mol. The Balaban J connectivity index is 2.02. The molecule has 27 heavy (non-hydrogen) atoms. The molecule has 1 unspecified atom stereocenters. The van der Waals surface area contributed by atoms with E-state index in [2.05, 4.69) is 10.2 Å². The number of thioether (sulfide) groups is 1. The van der Waals surface area contributed by atoms with Gasteiger partial charge in [-0.25, -0.2) is 4.98 Å². The lowest BCUT2D eigenvalue weighted by molar-refractivity contribution is -0.128. The second-order valence-electron chi connectivity index (χ2n) is 6.27. The number of amides is 1. The van der Waals surface area contributed by atoms with Crippen LogP contribution >= 0.6 is 11.8 Å². The summed E-state index contributed by atoms with van der Waals surface area (Å²) in [7, 11) is 3.52. The SMILES string of the molecule is CCC(Sc1nnc(-c2ccccc2)c(-c2ccccc2)n1)C(=O)N(C)C. The summed E-state index contributed by atoms with van der Waals surface area (Å²) in [6.45, 7) is 1.99. The summed E-state index contributed by atoms with van der Waals surface area (Å²) >= 11 is 1.36. The van der Waals surface area contributed by atoms with Gasteiger partial charge in [-0.05, 0) is 6.42 Å². The Morgan fingerprint density at radius 3 is 2.00 bits per heavy atom. The monoisotopic (exact) mass is 378 g/mol. The maximum absolute atomic E-state index is 12.4. The van der Waals surface area contributed by atoms with Crippen LogP contribution in [0.3, 0.4) is 0 Å². The van der Waals surface area contributed by atoms with E-state index in [0.29, 0.717) is 11.6 Å². The van der Waals surface area contributed by atoms with Gasteiger partial charge in [-0.3, -0.25) is 4.79 Å². The number of rotatable bonds is 6. The van der Waals surface area contributed by atoms with Crippen molar-refractivity contribution in [2.45, 2.75) is 23.8 Å². The third-order valence-electron chi connectivity index (χ3n) is 4.10. The second-order valence-corrected chi connectivity index (χ2v) is 7.44. The Kier molecular flexibility index (Phi) is 6.19. The molecule has 1 atom stereocenters. The lowest BCUT2D eigenvalue weighted by Gasteiger charge is -2.18. The first-order valence-electron chi connectivity index (χ1n) is 8.83. The second kappa shape index (κ2) is 8.77. The average Bonchev–Trinajstić information content (AvgIpc) is 2.72. The Morgan fingerprint density at radius 1 is 0.926 bits per heavy atom. The minimum absolute atomic E-state index is 0.0551. The van der Waals surface area contributed by atoms with Gasteiger partial charge in [0.25, 0.3) is 0 Å². The van der Waals surface area contributed by atoms with Crippen molar-refractivity contribution < 1.29 is 4.79 Å². The molecule has 0 aliphatic carbocycles. The van der Waals surface area contributed by atoms with E-state index >= 15 is 0 Å². The zero-order valence-electron chi connectivity index (χ0n) is 15.7. The lowest BCUT2D eigenvalue weighted by atomic mass is 10.0. The van der Waals surface area contributed by atoms with E-state index in [1.54, 1.807) is 19.0 Å². The van der Waals surface area contributed by atoms with Crippen LogP contribution in [0, 0.1) is 0 Å². The molecule has 6 heteroatoms. The highest BCUT2D eigenvalue weighted by Crippen LogP contribution is 2.31. The molecule has 138 valence electrons. The van der Waals surface area contributed by atoms with Crippen LogP contribution in [0.15, 0.2) is 65.8 Å². The van der Waals surface area contributed by atoms with Crippen LogP contribution in [-0.4, -0.2) is 45.3 Å². The molecule has 2 aromatic carbocycles. The number of carbonyl (C=O) groups is 1. The first-order valence-corrected chi connectivity index (χ1v) is 9.71. The van der Waals surface area contributed by atoms with Crippen LogP contribution in [0.5, 0.6) is 0 Å². The molecule has 0 aliphatic rings. The normalized spacial score (nSPS) is 11.8. The molecule has 0 aliphatic heterocycles. The van der Waals surface area contributed by atoms with Gasteiger partial charge in [0.05, 0.1) is 5.25 Å². The van der Waals surface area contributed by atoms with Crippen LogP contribution in [0.4, 0.5) is 0 Å². The van der Waals surface area contributed by atoms with Crippen molar-refractivity contribution in [1.29, 1.82) is 0 Å². The van der Waals surface area contributed by atoms with E-state index in [1.165, 1.54) is 11.8 Å². The number of aromatic nitrogens is 3. The number of nitrogens with zero attached hydrogens (tertiary/aromatic N) is 4. The van der Waals surface area contributed by atoms with Gasteiger partial charge in [0, 0.05) is 25.2 Å². The maximum Gasteiger partial charge on any atom is 0.235 e. The van der Waals surface area contributed by atoms with Crippen LogP contribution in [0.1, 0.15) is 13.3 Å². The summed E-state index contributed by atoms with van der Waals surface area (Å²) in [5.41, 5.74) is 3.44. The summed E-state index contributed by atoms with van der Waals surface area (Å²) in [4.78, 5) is 18.7. The topological polar surface area (TPSA) is 59.0 Å². The molecule has 0 fully saturated rings. The molecule has 0 radical (unpaired) electrons. The van der Waals surface area contributed by atoms with E-state index < -0.39 is 0 Å². The molecule has 0 saturated heterocycles. The van der Waals surface area contributed by atoms with Crippen molar-refractivity contribution in [2.75, 3.05) is 14.1 Å².